The van der Waals surface area contributed by atoms with Gasteiger partial charge in [0, 0.05) is 6.42 Å². The fourth-order valence-corrected chi connectivity index (χ4v) is 0. The Morgan fingerprint density at radius 3 is 2.00 bits per heavy atom. The Labute approximate surface area is 47.5 Å². The molecule has 0 bridgehead atoms. The van der Waals surface area contributed by atoms with Crippen molar-refractivity contribution >= 4 is 23.6 Å². The average molecular weight is 150 g/mol. The minimum absolute atomic E-state index is 0. The van der Waals surface area contributed by atoms with Crippen LogP contribution in [0.15, 0.2) is 0 Å². The van der Waals surface area contributed by atoms with Crippen molar-refractivity contribution in [3.05, 3.63) is 6.92 Å². The SMILES string of the molecule is [CH2]CC(=O)O.[GeH4]. The first-order valence-corrected chi connectivity index (χ1v) is 1.28. The van der Waals surface area contributed by atoms with E-state index in [1.165, 1.54) is 0 Å². The number of carboxylic acid groups (broad SMARTS) is 1. The Morgan fingerprint density at radius 2 is 2.00 bits per heavy atom. The molecule has 0 unspecified atom stereocenters. The van der Waals surface area contributed by atoms with E-state index >= 15 is 0 Å². The van der Waals surface area contributed by atoms with Crippen LogP contribution in [0.3, 0.4) is 0 Å². The topological polar surface area (TPSA) is 37.3 Å². The molecule has 0 heterocycles. The number of carbonyl (C=O) groups is 1. The fourth-order valence-electron chi connectivity index (χ4n) is 0. The van der Waals surface area contributed by atoms with Crippen LogP contribution in [0.1, 0.15) is 6.42 Å². The Morgan fingerprint density at radius 1 is 1.83 bits per heavy atom. The van der Waals surface area contributed by atoms with E-state index in [2.05, 4.69) is 6.92 Å². The zero-order valence-electron chi connectivity index (χ0n) is 2.77. The molecule has 37 valence electrons. The molecular weight excluding hydrogens is 141 g/mol. The van der Waals surface area contributed by atoms with Crippen LogP contribution >= 0.6 is 0 Å². The third-order valence-corrected chi connectivity index (χ3v) is 0.214. The predicted octanol–water partition coefficient (Wildman–Crippen LogP) is -1.16. The Balaban J connectivity index is 0. The van der Waals surface area contributed by atoms with Crippen LogP contribution in [0.2, 0.25) is 0 Å². The van der Waals surface area contributed by atoms with Gasteiger partial charge in [0.05, 0.1) is 0 Å². The summed E-state index contributed by atoms with van der Waals surface area (Å²) < 4.78 is 0. The van der Waals surface area contributed by atoms with Crippen molar-refractivity contribution in [2.45, 2.75) is 6.42 Å². The minimum atomic E-state index is -0.856. The molecule has 6 heavy (non-hydrogen) atoms. The van der Waals surface area contributed by atoms with Crippen LogP contribution in [0.25, 0.3) is 0 Å². The van der Waals surface area contributed by atoms with E-state index in [9.17, 15) is 4.79 Å². The van der Waals surface area contributed by atoms with E-state index in [1.54, 1.807) is 0 Å². The van der Waals surface area contributed by atoms with Crippen molar-refractivity contribution in [2.24, 2.45) is 0 Å². The van der Waals surface area contributed by atoms with Gasteiger partial charge in [-0.05, 0) is 6.92 Å². The van der Waals surface area contributed by atoms with E-state index in [-0.39, 0.29) is 24.0 Å². The van der Waals surface area contributed by atoms with Crippen molar-refractivity contribution in [2.75, 3.05) is 0 Å². The van der Waals surface area contributed by atoms with Crippen molar-refractivity contribution in [1.29, 1.82) is 0 Å². The summed E-state index contributed by atoms with van der Waals surface area (Å²) in [7, 11) is 0. The van der Waals surface area contributed by atoms with Gasteiger partial charge in [0.15, 0.2) is 0 Å². The molecule has 1 radical (unpaired) electrons. The third-order valence-electron chi connectivity index (χ3n) is 0.214. The first-order valence-electron chi connectivity index (χ1n) is 1.28. The summed E-state index contributed by atoms with van der Waals surface area (Å²) in [5, 5.41) is 7.66. The van der Waals surface area contributed by atoms with Gasteiger partial charge in [0.1, 0.15) is 0 Å². The van der Waals surface area contributed by atoms with Crippen LogP contribution in [0, 0.1) is 6.92 Å². The summed E-state index contributed by atoms with van der Waals surface area (Å²) in [6, 6.07) is 0. The van der Waals surface area contributed by atoms with Gasteiger partial charge in [-0.25, -0.2) is 0 Å². The van der Waals surface area contributed by atoms with Crippen molar-refractivity contribution in [3.8, 4) is 0 Å². The zero-order chi connectivity index (χ0) is 4.28. The summed E-state index contributed by atoms with van der Waals surface area (Å²) in [6.45, 7) is 3.09. The van der Waals surface area contributed by atoms with Crippen molar-refractivity contribution in [3.63, 3.8) is 0 Å². The second-order valence-electron chi connectivity index (χ2n) is 0.644. The summed E-state index contributed by atoms with van der Waals surface area (Å²) in [6.07, 6.45) is -0.0278. The molecule has 0 saturated heterocycles. The van der Waals surface area contributed by atoms with Gasteiger partial charge in [-0.1, -0.05) is 0 Å². The molecule has 0 saturated carbocycles. The molecule has 0 amide bonds. The normalized spacial score (nSPS) is 6.17. The molecule has 0 rings (SSSR count). The Hall–Kier alpha value is 0.0129. The molecule has 0 aliphatic carbocycles. The molecular formula is C3H9GeO2. The predicted molar refractivity (Wildman–Crippen MR) is 28.9 cm³/mol. The molecule has 1 N–H and O–H groups in total. The summed E-state index contributed by atoms with van der Waals surface area (Å²) in [5.74, 6) is -0.856. The van der Waals surface area contributed by atoms with Gasteiger partial charge in [0.2, 0.25) is 0 Å². The van der Waals surface area contributed by atoms with Crippen LogP contribution in [0.4, 0.5) is 0 Å². The molecule has 0 aromatic heterocycles. The number of rotatable bonds is 1. The van der Waals surface area contributed by atoms with Crippen LogP contribution in [-0.4, -0.2) is 28.7 Å². The Bertz CT molecular complexity index is 44.1. The van der Waals surface area contributed by atoms with Gasteiger partial charge in [-0.15, -0.1) is 0 Å². The monoisotopic (exact) mass is 151 g/mol. The first-order chi connectivity index (χ1) is 2.27. The van der Waals surface area contributed by atoms with E-state index < -0.39 is 5.97 Å². The molecule has 0 atom stereocenters. The van der Waals surface area contributed by atoms with Gasteiger partial charge in [-0.2, -0.15) is 0 Å². The molecule has 0 aliphatic heterocycles. The molecule has 0 aromatic carbocycles. The summed E-state index contributed by atoms with van der Waals surface area (Å²) in [5.41, 5.74) is 0. The molecule has 0 aliphatic rings. The average Bonchev–Trinajstić information content (AvgIpc) is 1.38. The van der Waals surface area contributed by atoms with E-state index in [0.717, 1.165) is 0 Å². The van der Waals surface area contributed by atoms with Gasteiger partial charge in [0.25, 0.3) is 0 Å². The summed E-state index contributed by atoms with van der Waals surface area (Å²) >= 11 is 0. The standard InChI is InChI=1S/C3H5O2.GeH4/c1-2-3(4)5;/h1-2H2,(H,4,5);1H4. The van der Waals surface area contributed by atoms with Crippen molar-refractivity contribution < 1.29 is 9.90 Å². The van der Waals surface area contributed by atoms with Gasteiger partial charge >= 0.3 is 23.6 Å². The molecule has 3 heteroatoms. The fraction of sp³-hybridized carbons (Fsp3) is 0.333. The number of aliphatic carboxylic acids is 1. The maximum absolute atomic E-state index is 9.31. The maximum atomic E-state index is 9.31. The number of hydrogen-bond acceptors (Lipinski definition) is 1. The second-order valence-corrected chi connectivity index (χ2v) is 0.644. The zero-order valence-corrected chi connectivity index (χ0v) is 2.77. The van der Waals surface area contributed by atoms with E-state index in [4.69, 9.17) is 5.11 Å². The van der Waals surface area contributed by atoms with E-state index in [1.807, 2.05) is 0 Å². The first kappa shape index (κ1) is 9.38. The number of hydrogen-bond donors (Lipinski definition) is 1. The quantitative estimate of drug-likeness (QED) is 0.478. The third kappa shape index (κ3) is 8.99. The van der Waals surface area contributed by atoms with Crippen LogP contribution in [-0.2, 0) is 4.79 Å². The molecule has 0 fully saturated rings. The molecule has 0 spiro atoms. The van der Waals surface area contributed by atoms with Crippen LogP contribution in [0.5, 0.6) is 0 Å². The second kappa shape index (κ2) is 5.01. The van der Waals surface area contributed by atoms with E-state index in [0.29, 0.717) is 0 Å². The molecule has 0 aromatic rings. The summed E-state index contributed by atoms with van der Waals surface area (Å²) in [4.78, 5) is 9.31. The Kier molecular flexibility index (Phi) is 7.84. The van der Waals surface area contributed by atoms with Gasteiger partial charge in [-0.3, -0.25) is 4.79 Å². The molecule has 2 nitrogen and oxygen atoms in total. The van der Waals surface area contributed by atoms with Crippen molar-refractivity contribution in [1.82, 2.24) is 0 Å². The van der Waals surface area contributed by atoms with Crippen LogP contribution < -0.4 is 0 Å². The number of carboxylic acids is 1. The van der Waals surface area contributed by atoms with Gasteiger partial charge < -0.3 is 5.11 Å².